The van der Waals surface area contributed by atoms with Crippen LogP contribution < -0.4 is 9.80 Å². The van der Waals surface area contributed by atoms with Crippen LogP contribution in [-0.2, 0) is 6.54 Å². The van der Waals surface area contributed by atoms with Gasteiger partial charge in [-0.1, -0.05) is 58.4 Å². The van der Waals surface area contributed by atoms with Crippen molar-refractivity contribution in [2.24, 2.45) is 0 Å². The lowest BCUT2D eigenvalue weighted by molar-refractivity contribution is 0.0986. The van der Waals surface area contributed by atoms with E-state index in [0.29, 0.717) is 6.04 Å². The lowest BCUT2D eigenvalue weighted by Crippen LogP contribution is -2.52. The number of rotatable bonds is 3. The number of anilines is 2. The molecule has 0 bridgehead atoms. The zero-order valence-electron chi connectivity index (χ0n) is 17.5. The molecule has 158 valence electrons. The van der Waals surface area contributed by atoms with Crippen LogP contribution in [0.25, 0.3) is 0 Å². The second kappa shape index (κ2) is 8.85. The maximum absolute atomic E-state index is 13.4. The average Bonchev–Trinajstić information content (AvgIpc) is 2.96. The summed E-state index contributed by atoms with van der Waals surface area (Å²) in [5.74, 6) is 0.0703. The molecule has 5 heteroatoms. The highest BCUT2D eigenvalue weighted by Gasteiger charge is 2.34. The minimum Gasteiger partial charge on any atom is -0.364 e. The van der Waals surface area contributed by atoms with Crippen molar-refractivity contribution in [1.29, 1.82) is 0 Å². The van der Waals surface area contributed by atoms with Crippen molar-refractivity contribution < 1.29 is 4.79 Å². The van der Waals surface area contributed by atoms with Crippen molar-refractivity contribution >= 4 is 33.2 Å². The Morgan fingerprint density at radius 1 is 0.839 bits per heavy atom. The Labute approximate surface area is 192 Å². The Kier molecular flexibility index (Phi) is 5.79. The van der Waals surface area contributed by atoms with E-state index < -0.39 is 0 Å². The molecule has 1 amide bonds. The highest BCUT2D eigenvalue weighted by molar-refractivity contribution is 9.10. The third-order valence-electron chi connectivity index (χ3n) is 6.32. The van der Waals surface area contributed by atoms with E-state index in [-0.39, 0.29) is 5.91 Å². The Balaban J connectivity index is 1.40. The van der Waals surface area contributed by atoms with Gasteiger partial charge in [0.1, 0.15) is 0 Å². The third-order valence-corrected chi connectivity index (χ3v) is 6.85. The Hall–Kier alpha value is -2.63. The normalized spacial score (nSPS) is 18.8. The van der Waals surface area contributed by atoms with Crippen LogP contribution in [0.4, 0.5) is 11.4 Å². The summed E-state index contributed by atoms with van der Waals surface area (Å²) in [6, 6.07) is 27.1. The fourth-order valence-electron chi connectivity index (χ4n) is 4.76. The summed E-state index contributed by atoms with van der Waals surface area (Å²) in [6.07, 6.45) is 0.961. The van der Waals surface area contributed by atoms with Crippen LogP contribution in [0, 0.1) is 0 Å². The van der Waals surface area contributed by atoms with Gasteiger partial charge in [0.15, 0.2) is 0 Å². The van der Waals surface area contributed by atoms with Crippen molar-refractivity contribution in [3.63, 3.8) is 0 Å². The third kappa shape index (κ3) is 4.25. The molecule has 3 aromatic rings. The van der Waals surface area contributed by atoms with Gasteiger partial charge in [-0.25, -0.2) is 0 Å². The van der Waals surface area contributed by atoms with Crippen molar-refractivity contribution in [3.8, 4) is 0 Å². The smallest absolute Gasteiger partial charge is 0.258 e. The van der Waals surface area contributed by atoms with Gasteiger partial charge in [-0.05, 0) is 48.4 Å². The molecule has 0 radical (unpaired) electrons. The molecule has 0 aliphatic carbocycles. The zero-order chi connectivity index (χ0) is 21.2. The monoisotopic (exact) mass is 475 g/mol. The molecule has 1 unspecified atom stereocenters. The molecule has 0 saturated carbocycles. The molecular formula is C26H26BrN3O. The van der Waals surface area contributed by atoms with Gasteiger partial charge in [0, 0.05) is 48.8 Å². The summed E-state index contributed by atoms with van der Waals surface area (Å²) in [4.78, 5) is 20.5. The summed E-state index contributed by atoms with van der Waals surface area (Å²) in [5, 5.41) is 0. The van der Waals surface area contributed by atoms with E-state index in [1.165, 1.54) is 11.3 Å². The lowest BCUT2D eigenvalue weighted by atomic mass is 10.1. The number of amides is 1. The van der Waals surface area contributed by atoms with Crippen molar-refractivity contribution in [2.45, 2.75) is 19.0 Å². The van der Waals surface area contributed by atoms with Gasteiger partial charge in [-0.15, -0.1) is 0 Å². The lowest BCUT2D eigenvalue weighted by Gasteiger charge is -2.42. The van der Waals surface area contributed by atoms with Gasteiger partial charge in [-0.2, -0.15) is 0 Å². The van der Waals surface area contributed by atoms with E-state index in [1.807, 2.05) is 35.2 Å². The first kappa shape index (κ1) is 20.3. The predicted octanol–water partition coefficient (Wildman–Crippen LogP) is 5.19. The fraction of sp³-hybridized carbons (Fsp3) is 0.269. The second-order valence-corrected chi connectivity index (χ2v) is 9.22. The number of carbonyl (C=O) groups excluding carboxylic acids is 1. The molecule has 2 heterocycles. The van der Waals surface area contributed by atoms with Gasteiger partial charge < -0.3 is 9.80 Å². The molecule has 1 fully saturated rings. The molecule has 4 nitrogen and oxygen atoms in total. The van der Waals surface area contributed by atoms with Crippen LogP contribution in [0.15, 0.2) is 83.3 Å². The van der Waals surface area contributed by atoms with E-state index in [9.17, 15) is 4.79 Å². The first-order valence-electron chi connectivity index (χ1n) is 10.9. The van der Waals surface area contributed by atoms with Crippen molar-refractivity contribution in [1.82, 2.24) is 4.90 Å². The van der Waals surface area contributed by atoms with Crippen LogP contribution in [0.5, 0.6) is 0 Å². The number of para-hydroxylation sites is 2. The number of nitrogens with zero attached hydrogens (tertiary/aromatic N) is 3. The number of halogens is 1. The van der Waals surface area contributed by atoms with Gasteiger partial charge >= 0.3 is 0 Å². The van der Waals surface area contributed by atoms with Crippen LogP contribution >= 0.6 is 15.9 Å². The number of hydrogen-bond acceptors (Lipinski definition) is 3. The fourth-order valence-corrected chi connectivity index (χ4v) is 5.03. The number of benzene rings is 3. The topological polar surface area (TPSA) is 26.8 Å². The van der Waals surface area contributed by atoms with Crippen molar-refractivity contribution in [3.05, 3.63) is 94.5 Å². The molecule has 1 saturated heterocycles. The first-order chi connectivity index (χ1) is 15.2. The number of piperazine rings is 1. The molecule has 3 aromatic carbocycles. The van der Waals surface area contributed by atoms with E-state index in [1.54, 1.807) is 0 Å². The predicted molar refractivity (Wildman–Crippen MR) is 130 cm³/mol. The quantitative estimate of drug-likeness (QED) is 0.521. The van der Waals surface area contributed by atoms with Crippen LogP contribution in [0.3, 0.4) is 0 Å². The molecule has 5 rings (SSSR count). The summed E-state index contributed by atoms with van der Waals surface area (Å²) >= 11 is 3.46. The summed E-state index contributed by atoms with van der Waals surface area (Å²) < 4.78 is 0.982. The molecule has 2 aliphatic heterocycles. The van der Waals surface area contributed by atoms with E-state index in [4.69, 9.17) is 0 Å². The van der Waals surface area contributed by atoms with Crippen LogP contribution in [0.1, 0.15) is 22.3 Å². The van der Waals surface area contributed by atoms with Crippen molar-refractivity contribution in [2.75, 3.05) is 36.0 Å². The minimum absolute atomic E-state index is 0.0703. The maximum atomic E-state index is 13.4. The number of carbonyl (C=O) groups is 1. The largest absolute Gasteiger partial charge is 0.364 e. The molecular weight excluding hydrogens is 450 g/mol. The number of hydrogen-bond donors (Lipinski definition) is 0. The molecule has 0 spiro atoms. The molecule has 2 aliphatic rings. The van der Waals surface area contributed by atoms with Gasteiger partial charge in [0.2, 0.25) is 0 Å². The molecule has 0 N–H and O–H groups in total. The van der Waals surface area contributed by atoms with E-state index >= 15 is 0 Å². The minimum atomic E-state index is 0.0703. The highest BCUT2D eigenvalue weighted by Crippen LogP contribution is 2.36. The molecule has 31 heavy (non-hydrogen) atoms. The maximum Gasteiger partial charge on any atom is 0.258 e. The van der Waals surface area contributed by atoms with Gasteiger partial charge in [0.25, 0.3) is 5.91 Å². The SMILES string of the molecule is O=C(c1ccc(Br)cc1)N1CCC2CN(Cc3ccccc3)CCN2c2ccccc21. The molecule has 0 aromatic heterocycles. The van der Waals surface area contributed by atoms with E-state index in [0.717, 1.165) is 54.9 Å². The Bertz CT molecular complexity index is 1050. The highest BCUT2D eigenvalue weighted by atomic mass is 79.9. The van der Waals surface area contributed by atoms with Crippen LogP contribution in [0.2, 0.25) is 0 Å². The first-order valence-corrected chi connectivity index (χ1v) is 11.7. The Morgan fingerprint density at radius 2 is 1.55 bits per heavy atom. The number of fused-ring (bicyclic) bond motifs is 3. The zero-order valence-corrected chi connectivity index (χ0v) is 19.0. The summed E-state index contributed by atoms with van der Waals surface area (Å²) in [6.45, 7) is 4.74. The van der Waals surface area contributed by atoms with Gasteiger partial charge in [-0.3, -0.25) is 9.69 Å². The average molecular weight is 476 g/mol. The standard InChI is InChI=1S/C26H26BrN3O/c27-22-12-10-21(11-13-22)26(31)30-15-14-23-19-28(18-20-6-2-1-3-7-20)16-17-29(23)24-8-4-5-9-25(24)30/h1-13,23H,14-19H2. The van der Waals surface area contributed by atoms with E-state index in [2.05, 4.69) is 74.3 Å². The van der Waals surface area contributed by atoms with Crippen LogP contribution in [-0.4, -0.2) is 43.0 Å². The molecule has 1 atom stereocenters. The Morgan fingerprint density at radius 3 is 2.32 bits per heavy atom. The summed E-state index contributed by atoms with van der Waals surface area (Å²) in [5.41, 5.74) is 4.28. The summed E-state index contributed by atoms with van der Waals surface area (Å²) in [7, 11) is 0. The second-order valence-electron chi connectivity index (χ2n) is 8.31. The van der Waals surface area contributed by atoms with Gasteiger partial charge in [0.05, 0.1) is 11.4 Å².